The highest BCUT2D eigenvalue weighted by atomic mass is 35.5. The standard InChI is InChI=1S/C18H20Cl2N2O2/c1-12(2)11-24-15-6-4-14(5-7-15)21-10-18(23)22-17-9-13(19)3-8-16(17)20/h3-9,12,21H,10-11H2,1-2H3,(H,22,23). The number of amides is 1. The molecular formula is C18H20Cl2N2O2. The van der Waals surface area contributed by atoms with Gasteiger partial charge in [0.05, 0.1) is 23.9 Å². The van der Waals surface area contributed by atoms with Gasteiger partial charge in [-0.15, -0.1) is 0 Å². The van der Waals surface area contributed by atoms with E-state index in [1.54, 1.807) is 18.2 Å². The molecule has 24 heavy (non-hydrogen) atoms. The summed E-state index contributed by atoms with van der Waals surface area (Å²) in [5.41, 5.74) is 1.33. The van der Waals surface area contributed by atoms with Crippen LogP contribution in [0.3, 0.4) is 0 Å². The number of rotatable bonds is 7. The maximum Gasteiger partial charge on any atom is 0.243 e. The van der Waals surface area contributed by atoms with Gasteiger partial charge in [-0.05, 0) is 48.4 Å². The fraction of sp³-hybridized carbons (Fsp3) is 0.278. The Hall–Kier alpha value is -1.91. The van der Waals surface area contributed by atoms with Crippen LogP contribution < -0.4 is 15.4 Å². The van der Waals surface area contributed by atoms with Crippen molar-refractivity contribution in [1.29, 1.82) is 0 Å². The fourth-order valence-corrected chi connectivity index (χ4v) is 2.24. The first-order chi connectivity index (χ1) is 11.4. The first-order valence-electron chi connectivity index (χ1n) is 7.65. The zero-order chi connectivity index (χ0) is 17.5. The van der Waals surface area contributed by atoms with Crippen LogP contribution in [0.1, 0.15) is 13.8 Å². The van der Waals surface area contributed by atoms with Crippen LogP contribution in [0.5, 0.6) is 5.75 Å². The van der Waals surface area contributed by atoms with Gasteiger partial charge in [0.15, 0.2) is 0 Å². The number of anilines is 2. The van der Waals surface area contributed by atoms with Crippen molar-refractivity contribution in [3.05, 3.63) is 52.5 Å². The lowest BCUT2D eigenvalue weighted by molar-refractivity contribution is -0.114. The lowest BCUT2D eigenvalue weighted by atomic mass is 10.2. The third-order valence-electron chi connectivity index (χ3n) is 3.09. The first kappa shape index (κ1) is 18.4. The quantitative estimate of drug-likeness (QED) is 0.718. The molecule has 4 nitrogen and oxygen atoms in total. The minimum atomic E-state index is -0.209. The molecular weight excluding hydrogens is 347 g/mol. The summed E-state index contributed by atoms with van der Waals surface area (Å²) in [5, 5.41) is 6.73. The van der Waals surface area contributed by atoms with E-state index in [-0.39, 0.29) is 12.5 Å². The monoisotopic (exact) mass is 366 g/mol. The number of halogens is 2. The molecule has 0 radical (unpaired) electrons. The van der Waals surface area contributed by atoms with Crippen LogP contribution in [0.2, 0.25) is 10.0 Å². The Kier molecular flexibility index (Phi) is 6.76. The zero-order valence-corrected chi connectivity index (χ0v) is 15.1. The van der Waals surface area contributed by atoms with Gasteiger partial charge in [0.2, 0.25) is 5.91 Å². The van der Waals surface area contributed by atoms with Crippen LogP contribution in [0.4, 0.5) is 11.4 Å². The highest BCUT2D eigenvalue weighted by molar-refractivity contribution is 6.35. The minimum absolute atomic E-state index is 0.120. The third-order valence-corrected chi connectivity index (χ3v) is 3.66. The van der Waals surface area contributed by atoms with E-state index >= 15 is 0 Å². The highest BCUT2D eigenvalue weighted by Gasteiger charge is 2.07. The largest absolute Gasteiger partial charge is 0.493 e. The van der Waals surface area contributed by atoms with Crippen molar-refractivity contribution in [3.8, 4) is 5.75 Å². The van der Waals surface area contributed by atoms with Crippen molar-refractivity contribution >= 4 is 40.5 Å². The number of carbonyl (C=O) groups excluding carboxylic acids is 1. The lowest BCUT2D eigenvalue weighted by Crippen LogP contribution is -2.21. The summed E-state index contributed by atoms with van der Waals surface area (Å²) in [6.45, 7) is 4.99. The summed E-state index contributed by atoms with van der Waals surface area (Å²) in [6, 6.07) is 12.4. The normalized spacial score (nSPS) is 10.5. The van der Waals surface area contributed by atoms with Crippen LogP contribution in [0, 0.1) is 5.92 Å². The number of benzene rings is 2. The molecule has 0 aliphatic heterocycles. The van der Waals surface area contributed by atoms with E-state index in [0.717, 1.165) is 11.4 Å². The van der Waals surface area contributed by atoms with E-state index in [2.05, 4.69) is 24.5 Å². The topological polar surface area (TPSA) is 50.4 Å². The molecule has 2 N–H and O–H groups in total. The number of carbonyl (C=O) groups is 1. The molecule has 0 aliphatic rings. The van der Waals surface area contributed by atoms with Crippen molar-refractivity contribution in [2.75, 3.05) is 23.8 Å². The second-order valence-electron chi connectivity index (χ2n) is 5.76. The van der Waals surface area contributed by atoms with Crippen molar-refractivity contribution < 1.29 is 9.53 Å². The number of hydrogen-bond donors (Lipinski definition) is 2. The van der Waals surface area contributed by atoms with Crippen LogP contribution in [-0.2, 0) is 4.79 Å². The number of hydrogen-bond acceptors (Lipinski definition) is 3. The average molecular weight is 367 g/mol. The molecule has 0 saturated heterocycles. The molecule has 0 atom stereocenters. The summed E-state index contributed by atoms with van der Waals surface area (Å²) in [6.07, 6.45) is 0. The van der Waals surface area contributed by atoms with Gasteiger partial charge in [0, 0.05) is 10.7 Å². The Morgan fingerprint density at radius 1 is 1.12 bits per heavy atom. The van der Waals surface area contributed by atoms with Gasteiger partial charge in [-0.3, -0.25) is 4.79 Å². The predicted octanol–water partition coefficient (Wildman–Crippen LogP) is 5.08. The summed E-state index contributed by atoms with van der Waals surface area (Å²) >= 11 is 11.9. The molecule has 0 heterocycles. The summed E-state index contributed by atoms with van der Waals surface area (Å²) in [5.74, 6) is 1.08. The van der Waals surface area contributed by atoms with Crippen LogP contribution >= 0.6 is 23.2 Å². The molecule has 2 aromatic rings. The van der Waals surface area contributed by atoms with Gasteiger partial charge in [-0.2, -0.15) is 0 Å². The van der Waals surface area contributed by atoms with Crippen molar-refractivity contribution in [2.45, 2.75) is 13.8 Å². The van der Waals surface area contributed by atoms with Gasteiger partial charge in [0.1, 0.15) is 5.75 Å². The molecule has 0 aliphatic carbocycles. The number of ether oxygens (including phenoxy) is 1. The maximum absolute atomic E-state index is 12.0. The summed E-state index contributed by atoms with van der Waals surface area (Å²) in [4.78, 5) is 12.0. The Balaban J connectivity index is 1.84. The zero-order valence-electron chi connectivity index (χ0n) is 13.6. The smallest absolute Gasteiger partial charge is 0.243 e. The SMILES string of the molecule is CC(C)COc1ccc(NCC(=O)Nc2cc(Cl)ccc2Cl)cc1. The predicted molar refractivity (Wildman–Crippen MR) is 100 cm³/mol. The highest BCUT2D eigenvalue weighted by Crippen LogP contribution is 2.25. The Morgan fingerprint density at radius 2 is 1.83 bits per heavy atom. The van der Waals surface area contributed by atoms with Gasteiger partial charge >= 0.3 is 0 Å². The first-order valence-corrected chi connectivity index (χ1v) is 8.41. The van der Waals surface area contributed by atoms with Gasteiger partial charge < -0.3 is 15.4 Å². The van der Waals surface area contributed by atoms with E-state index in [4.69, 9.17) is 27.9 Å². The minimum Gasteiger partial charge on any atom is -0.493 e. The van der Waals surface area contributed by atoms with E-state index in [9.17, 15) is 4.79 Å². The van der Waals surface area contributed by atoms with E-state index in [1.165, 1.54) is 0 Å². The van der Waals surface area contributed by atoms with Crippen molar-refractivity contribution in [1.82, 2.24) is 0 Å². The van der Waals surface area contributed by atoms with Crippen molar-refractivity contribution in [3.63, 3.8) is 0 Å². The van der Waals surface area contributed by atoms with Crippen LogP contribution in [-0.4, -0.2) is 19.1 Å². The Morgan fingerprint density at radius 3 is 2.50 bits per heavy atom. The molecule has 0 unspecified atom stereocenters. The van der Waals surface area contributed by atoms with Gasteiger partial charge in [-0.25, -0.2) is 0 Å². The fourth-order valence-electron chi connectivity index (χ4n) is 1.90. The molecule has 128 valence electrons. The molecule has 2 rings (SSSR count). The molecule has 0 aromatic heterocycles. The second-order valence-corrected chi connectivity index (χ2v) is 6.60. The molecule has 6 heteroatoms. The molecule has 1 amide bonds. The molecule has 0 spiro atoms. The second kappa shape index (κ2) is 8.81. The summed E-state index contributed by atoms with van der Waals surface area (Å²) in [7, 11) is 0. The molecule has 0 fully saturated rings. The van der Waals surface area contributed by atoms with Crippen molar-refractivity contribution in [2.24, 2.45) is 5.92 Å². The van der Waals surface area contributed by atoms with Gasteiger partial charge in [0.25, 0.3) is 0 Å². The molecule has 2 aromatic carbocycles. The third kappa shape index (κ3) is 5.95. The summed E-state index contributed by atoms with van der Waals surface area (Å²) < 4.78 is 5.62. The van der Waals surface area contributed by atoms with Gasteiger partial charge in [-0.1, -0.05) is 37.0 Å². The average Bonchev–Trinajstić information content (AvgIpc) is 2.55. The maximum atomic E-state index is 12.0. The van der Waals surface area contributed by atoms with E-state index < -0.39 is 0 Å². The molecule has 0 bridgehead atoms. The van der Waals surface area contributed by atoms with E-state index in [1.807, 2.05) is 24.3 Å². The number of nitrogens with one attached hydrogen (secondary N) is 2. The Bertz CT molecular complexity index is 688. The van der Waals surface area contributed by atoms with Crippen LogP contribution in [0.25, 0.3) is 0 Å². The lowest BCUT2D eigenvalue weighted by Gasteiger charge is -2.11. The Labute approximate surface area is 152 Å². The molecule has 0 saturated carbocycles. The van der Waals surface area contributed by atoms with Crippen LogP contribution in [0.15, 0.2) is 42.5 Å². The van der Waals surface area contributed by atoms with E-state index in [0.29, 0.717) is 28.3 Å².